The van der Waals surface area contributed by atoms with Crippen molar-refractivity contribution in [1.29, 1.82) is 0 Å². The van der Waals surface area contributed by atoms with Crippen LogP contribution in [0.1, 0.15) is 92.8 Å². The van der Waals surface area contributed by atoms with Gasteiger partial charge in [-0.25, -0.2) is 4.79 Å². The molecule has 182 valence electrons. The number of carbonyl (C=O) groups is 1. The minimum Gasteiger partial charge on any atom is -0.507 e. The van der Waals surface area contributed by atoms with Crippen LogP contribution in [0.2, 0.25) is 0 Å². The average Bonchev–Trinajstić information content (AvgIpc) is 2.77. The Labute approximate surface area is 197 Å². The van der Waals surface area contributed by atoms with Crippen molar-refractivity contribution in [2.45, 2.75) is 78.6 Å². The Kier molecular flexibility index (Phi) is 10.4. The molecule has 2 aromatic carbocycles. The van der Waals surface area contributed by atoms with Gasteiger partial charge in [0.25, 0.3) is 0 Å². The van der Waals surface area contributed by atoms with Gasteiger partial charge in [0.1, 0.15) is 17.1 Å². The van der Waals surface area contributed by atoms with E-state index in [2.05, 4.69) is 0 Å². The van der Waals surface area contributed by atoms with Crippen molar-refractivity contribution in [1.82, 2.24) is 0 Å². The first-order valence-corrected chi connectivity index (χ1v) is 12.0. The van der Waals surface area contributed by atoms with Gasteiger partial charge in [0, 0.05) is 11.1 Å². The zero-order valence-electron chi connectivity index (χ0n) is 20.3. The number of hydrogen-bond acceptors (Lipinski definition) is 6. The van der Waals surface area contributed by atoms with Crippen LogP contribution >= 0.6 is 0 Å². The molecule has 0 aromatic heterocycles. The number of phenolic OH excluding ortho intramolecular Hbond substituents is 3. The van der Waals surface area contributed by atoms with E-state index in [1.54, 1.807) is 19.1 Å². The SMILES string of the molecule is CCCc1c(OCCCCCCc2ccc(C(C)C)c(O)c2O)ccc(C(=O)OCC)c1O. The molecule has 6 heteroatoms. The second-order valence-electron chi connectivity index (χ2n) is 8.59. The van der Waals surface area contributed by atoms with Gasteiger partial charge in [0.15, 0.2) is 11.5 Å². The highest BCUT2D eigenvalue weighted by Crippen LogP contribution is 2.37. The molecule has 0 saturated heterocycles. The maximum Gasteiger partial charge on any atom is 0.341 e. The molecular formula is C27H38O6. The summed E-state index contributed by atoms with van der Waals surface area (Å²) in [6.45, 7) is 8.48. The maximum atomic E-state index is 12.0. The van der Waals surface area contributed by atoms with Crippen LogP contribution in [0.3, 0.4) is 0 Å². The van der Waals surface area contributed by atoms with Gasteiger partial charge in [0.05, 0.1) is 13.2 Å². The van der Waals surface area contributed by atoms with Crippen molar-refractivity contribution >= 4 is 5.97 Å². The number of aromatic hydroxyl groups is 3. The predicted molar refractivity (Wildman–Crippen MR) is 130 cm³/mol. The molecule has 6 nitrogen and oxygen atoms in total. The molecule has 0 fully saturated rings. The molecule has 0 unspecified atom stereocenters. The first-order valence-electron chi connectivity index (χ1n) is 12.0. The van der Waals surface area contributed by atoms with E-state index in [9.17, 15) is 20.1 Å². The first-order chi connectivity index (χ1) is 15.8. The topological polar surface area (TPSA) is 96.2 Å². The molecule has 0 aliphatic heterocycles. The third-order valence-corrected chi connectivity index (χ3v) is 5.72. The Bertz CT molecular complexity index is 919. The second-order valence-corrected chi connectivity index (χ2v) is 8.59. The zero-order chi connectivity index (χ0) is 24.4. The van der Waals surface area contributed by atoms with E-state index in [-0.39, 0.29) is 35.3 Å². The summed E-state index contributed by atoms with van der Waals surface area (Å²) < 4.78 is 10.9. The third-order valence-electron chi connectivity index (χ3n) is 5.72. The molecule has 0 aliphatic rings. The Morgan fingerprint density at radius 2 is 1.61 bits per heavy atom. The van der Waals surface area contributed by atoms with Gasteiger partial charge in [-0.1, -0.05) is 52.2 Å². The lowest BCUT2D eigenvalue weighted by Gasteiger charge is -2.15. The van der Waals surface area contributed by atoms with Crippen LogP contribution in [-0.2, 0) is 17.6 Å². The molecule has 0 aliphatic carbocycles. The van der Waals surface area contributed by atoms with Crippen LogP contribution < -0.4 is 4.74 Å². The van der Waals surface area contributed by atoms with E-state index < -0.39 is 5.97 Å². The minimum absolute atomic E-state index is 0.000871. The lowest BCUT2D eigenvalue weighted by atomic mass is 9.97. The van der Waals surface area contributed by atoms with Crippen LogP contribution in [0.4, 0.5) is 0 Å². The molecule has 0 heterocycles. The molecule has 2 rings (SSSR count). The molecule has 0 radical (unpaired) electrons. The summed E-state index contributed by atoms with van der Waals surface area (Å²) in [6.07, 6.45) is 5.84. The van der Waals surface area contributed by atoms with Gasteiger partial charge in [0.2, 0.25) is 0 Å². The van der Waals surface area contributed by atoms with Crippen molar-refractivity contribution < 1.29 is 29.6 Å². The number of phenols is 3. The highest BCUT2D eigenvalue weighted by molar-refractivity contribution is 5.93. The zero-order valence-corrected chi connectivity index (χ0v) is 20.3. The number of benzene rings is 2. The first kappa shape index (κ1) is 26.4. The fraction of sp³-hybridized carbons (Fsp3) is 0.519. The van der Waals surface area contributed by atoms with E-state index in [1.807, 2.05) is 32.9 Å². The Morgan fingerprint density at radius 1 is 0.879 bits per heavy atom. The standard InChI is InChI=1S/C27H38O6/c1-5-11-21-23(16-15-22(25(21)29)27(31)32-6-2)33-17-10-8-7-9-12-19-13-14-20(18(3)4)26(30)24(19)28/h13-16,18,28-30H,5-12,17H2,1-4H3. The number of aryl methyl sites for hydroxylation is 1. The average molecular weight is 459 g/mol. The molecule has 0 saturated carbocycles. The minimum atomic E-state index is -0.530. The number of hydrogen-bond donors (Lipinski definition) is 3. The quantitative estimate of drug-likeness (QED) is 0.187. The molecule has 0 amide bonds. The normalized spacial score (nSPS) is 11.1. The van der Waals surface area contributed by atoms with Crippen LogP contribution in [0.25, 0.3) is 0 Å². The maximum absolute atomic E-state index is 12.0. The van der Waals surface area contributed by atoms with Gasteiger partial charge in [-0.15, -0.1) is 0 Å². The summed E-state index contributed by atoms with van der Waals surface area (Å²) in [6, 6.07) is 7.07. The van der Waals surface area contributed by atoms with E-state index in [0.29, 0.717) is 30.8 Å². The summed E-state index contributed by atoms with van der Waals surface area (Å²) in [7, 11) is 0. The van der Waals surface area contributed by atoms with E-state index in [4.69, 9.17) is 9.47 Å². The van der Waals surface area contributed by atoms with Gasteiger partial charge >= 0.3 is 5.97 Å². The van der Waals surface area contributed by atoms with Crippen molar-refractivity contribution in [2.75, 3.05) is 13.2 Å². The second kappa shape index (κ2) is 13.0. The highest BCUT2D eigenvalue weighted by Gasteiger charge is 2.19. The van der Waals surface area contributed by atoms with Gasteiger partial charge in [-0.2, -0.15) is 0 Å². The summed E-state index contributed by atoms with van der Waals surface area (Å²) in [5.74, 6) is 0.172. The molecule has 0 atom stereocenters. The fourth-order valence-corrected chi connectivity index (χ4v) is 3.88. The van der Waals surface area contributed by atoms with Gasteiger partial charge in [-0.3, -0.25) is 0 Å². The molecule has 0 spiro atoms. The van der Waals surface area contributed by atoms with E-state index in [0.717, 1.165) is 43.2 Å². The Hall–Kier alpha value is -2.89. The monoisotopic (exact) mass is 458 g/mol. The largest absolute Gasteiger partial charge is 0.507 e. The van der Waals surface area contributed by atoms with E-state index >= 15 is 0 Å². The lowest BCUT2D eigenvalue weighted by molar-refractivity contribution is 0.0522. The smallest absolute Gasteiger partial charge is 0.341 e. The van der Waals surface area contributed by atoms with Crippen molar-refractivity contribution in [3.63, 3.8) is 0 Å². The molecule has 0 bridgehead atoms. The predicted octanol–water partition coefficient (Wildman–Crippen LogP) is 6.24. The van der Waals surface area contributed by atoms with Crippen LogP contribution in [0.15, 0.2) is 24.3 Å². The lowest BCUT2D eigenvalue weighted by Crippen LogP contribution is -2.08. The van der Waals surface area contributed by atoms with Crippen LogP contribution in [0, 0.1) is 0 Å². The number of unbranched alkanes of at least 4 members (excludes halogenated alkanes) is 3. The van der Waals surface area contributed by atoms with Gasteiger partial charge in [-0.05, 0) is 56.2 Å². The number of carbonyl (C=O) groups excluding carboxylic acids is 1. The van der Waals surface area contributed by atoms with Crippen molar-refractivity contribution in [3.8, 4) is 23.0 Å². The van der Waals surface area contributed by atoms with Crippen LogP contribution in [0.5, 0.6) is 23.0 Å². The molecule has 2 aromatic rings. The van der Waals surface area contributed by atoms with Gasteiger partial charge < -0.3 is 24.8 Å². The molecule has 3 N–H and O–H groups in total. The summed E-state index contributed by atoms with van der Waals surface area (Å²) >= 11 is 0. The summed E-state index contributed by atoms with van der Waals surface area (Å²) in [5.41, 5.74) is 2.35. The number of esters is 1. The summed E-state index contributed by atoms with van der Waals surface area (Å²) in [4.78, 5) is 12.0. The highest BCUT2D eigenvalue weighted by atomic mass is 16.5. The number of ether oxygens (including phenoxy) is 2. The van der Waals surface area contributed by atoms with Crippen molar-refractivity contribution in [3.05, 3.63) is 46.5 Å². The third kappa shape index (κ3) is 7.04. The van der Waals surface area contributed by atoms with Crippen molar-refractivity contribution in [2.24, 2.45) is 0 Å². The Morgan fingerprint density at radius 3 is 2.27 bits per heavy atom. The fourth-order valence-electron chi connectivity index (χ4n) is 3.88. The summed E-state index contributed by atoms with van der Waals surface area (Å²) in [5, 5.41) is 31.0. The van der Waals surface area contributed by atoms with E-state index in [1.165, 1.54) is 0 Å². The molecular weight excluding hydrogens is 420 g/mol. The molecule has 33 heavy (non-hydrogen) atoms. The Balaban J connectivity index is 1.83. The number of rotatable bonds is 13. The van der Waals surface area contributed by atoms with Crippen LogP contribution in [-0.4, -0.2) is 34.5 Å².